The van der Waals surface area contributed by atoms with E-state index in [0.29, 0.717) is 17.3 Å². The normalized spacial score (nSPS) is 12.6. The number of nitrogens with one attached hydrogen (secondary N) is 1. The maximum atomic E-state index is 13.2. The van der Waals surface area contributed by atoms with Crippen LogP contribution in [0.3, 0.4) is 0 Å². The molecule has 0 aliphatic carbocycles. The fraction of sp³-hybridized carbons (Fsp3) is 0.111. The van der Waals surface area contributed by atoms with Crippen LogP contribution in [0, 0.1) is 15.9 Å². The van der Waals surface area contributed by atoms with Crippen molar-refractivity contribution < 1.29 is 14.1 Å². The highest BCUT2D eigenvalue weighted by atomic mass is 32.2. The van der Waals surface area contributed by atoms with Gasteiger partial charge in [0.2, 0.25) is 0 Å². The maximum Gasteiger partial charge on any atom is 0.270 e. The summed E-state index contributed by atoms with van der Waals surface area (Å²) in [6, 6.07) is 11.3. The largest absolute Gasteiger partial charge is 0.306 e. The second kappa shape index (κ2) is 6.84. The molecule has 136 valence electrons. The number of fused-ring (bicyclic) bond motifs is 1. The van der Waals surface area contributed by atoms with Gasteiger partial charge in [0, 0.05) is 34.8 Å². The fourth-order valence-electron chi connectivity index (χ4n) is 2.85. The highest BCUT2D eigenvalue weighted by molar-refractivity contribution is 7.98. The molecule has 1 aromatic heterocycles. The smallest absolute Gasteiger partial charge is 0.270 e. The Balaban J connectivity index is 1.71. The summed E-state index contributed by atoms with van der Waals surface area (Å²) in [5, 5.41) is 18.3. The first-order valence-corrected chi connectivity index (χ1v) is 9.18. The number of nitro benzene ring substituents is 1. The van der Waals surface area contributed by atoms with Crippen molar-refractivity contribution in [2.24, 2.45) is 0 Å². The number of rotatable bonds is 4. The number of nitrogens with zero attached hydrogens (tertiary/aromatic N) is 3. The van der Waals surface area contributed by atoms with Crippen LogP contribution in [0.1, 0.15) is 21.6 Å². The number of hydrogen-bond donors (Lipinski definition) is 1. The van der Waals surface area contributed by atoms with Gasteiger partial charge in [-0.2, -0.15) is 16.9 Å². The lowest BCUT2D eigenvalue weighted by atomic mass is 10.2. The van der Waals surface area contributed by atoms with Crippen LogP contribution < -0.4 is 5.32 Å². The first kappa shape index (κ1) is 17.2. The van der Waals surface area contributed by atoms with Gasteiger partial charge in [-0.1, -0.05) is 6.07 Å². The Morgan fingerprint density at radius 1 is 1.22 bits per heavy atom. The molecular formula is C18H13FN4O3S. The van der Waals surface area contributed by atoms with Crippen LogP contribution in [0.15, 0.2) is 48.5 Å². The van der Waals surface area contributed by atoms with E-state index in [1.807, 2.05) is 0 Å². The number of carbonyl (C=O) groups is 1. The van der Waals surface area contributed by atoms with Crippen LogP contribution >= 0.6 is 11.8 Å². The number of aromatic nitrogens is 2. The Morgan fingerprint density at radius 3 is 2.74 bits per heavy atom. The lowest BCUT2D eigenvalue weighted by Crippen LogP contribution is -2.16. The van der Waals surface area contributed by atoms with Gasteiger partial charge in [-0.25, -0.2) is 9.07 Å². The number of thioether (sulfide) groups is 1. The van der Waals surface area contributed by atoms with Crippen molar-refractivity contribution in [3.63, 3.8) is 0 Å². The number of carbonyl (C=O) groups excluding carboxylic acids is 1. The summed E-state index contributed by atoms with van der Waals surface area (Å²) in [6.45, 7) is 0. The summed E-state index contributed by atoms with van der Waals surface area (Å²) in [4.78, 5) is 23.1. The third-order valence-electron chi connectivity index (χ3n) is 4.17. The lowest BCUT2D eigenvalue weighted by Gasteiger charge is -2.11. The molecule has 0 unspecified atom stereocenters. The van der Waals surface area contributed by atoms with Gasteiger partial charge in [-0.3, -0.25) is 14.9 Å². The molecule has 4 rings (SSSR count). The molecule has 1 aliphatic heterocycles. The molecule has 0 spiro atoms. The lowest BCUT2D eigenvalue weighted by molar-refractivity contribution is -0.384. The minimum Gasteiger partial charge on any atom is -0.306 e. The van der Waals surface area contributed by atoms with Crippen molar-refractivity contribution in [3.8, 4) is 5.69 Å². The summed E-state index contributed by atoms with van der Waals surface area (Å²) < 4.78 is 14.8. The van der Waals surface area contributed by atoms with E-state index in [1.54, 1.807) is 28.6 Å². The quantitative estimate of drug-likeness (QED) is 0.544. The molecule has 27 heavy (non-hydrogen) atoms. The van der Waals surface area contributed by atoms with E-state index in [0.717, 1.165) is 17.0 Å². The van der Waals surface area contributed by atoms with E-state index in [9.17, 15) is 19.3 Å². The Morgan fingerprint density at radius 2 is 2.00 bits per heavy atom. The van der Waals surface area contributed by atoms with E-state index in [2.05, 4.69) is 10.4 Å². The summed E-state index contributed by atoms with van der Waals surface area (Å²) in [5.74, 6) is 1.08. The molecule has 0 saturated heterocycles. The number of amides is 1. The number of non-ortho nitro benzene ring substituents is 1. The van der Waals surface area contributed by atoms with Crippen LogP contribution in [0.5, 0.6) is 0 Å². The molecule has 1 N–H and O–H groups in total. The monoisotopic (exact) mass is 384 g/mol. The summed E-state index contributed by atoms with van der Waals surface area (Å²) in [5.41, 5.74) is 2.40. The van der Waals surface area contributed by atoms with E-state index in [4.69, 9.17) is 0 Å². The fourth-order valence-corrected chi connectivity index (χ4v) is 3.89. The Labute approximate surface area is 157 Å². The predicted octanol–water partition coefficient (Wildman–Crippen LogP) is 3.92. The predicted molar refractivity (Wildman–Crippen MR) is 99.6 cm³/mol. The number of hydrogen-bond acceptors (Lipinski definition) is 5. The molecule has 0 saturated carbocycles. The number of benzene rings is 2. The Bertz CT molecular complexity index is 1050. The maximum absolute atomic E-state index is 13.2. The average molecular weight is 384 g/mol. The van der Waals surface area contributed by atoms with Gasteiger partial charge in [0.15, 0.2) is 0 Å². The van der Waals surface area contributed by atoms with Gasteiger partial charge in [0.25, 0.3) is 11.6 Å². The average Bonchev–Trinajstić information content (AvgIpc) is 3.25. The number of nitro groups is 1. The minimum atomic E-state index is -0.548. The molecule has 0 bridgehead atoms. The van der Waals surface area contributed by atoms with Crippen molar-refractivity contribution in [1.29, 1.82) is 0 Å². The summed E-state index contributed by atoms with van der Waals surface area (Å²) in [7, 11) is 0. The molecule has 9 heteroatoms. The van der Waals surface area contributed by atoms with Crippen LogP contribution in [0.2, 0.25) is 0 Å². The van der Waals surface area contributed by atoms with Crippen molar-refractivity contribution in [2.45, 2.75) is 11.5 Å². The number of anilines is 1. The minimum absolute atomic E-state index is 0.157. The standard InChI is InChI=1S/C18H13FN4O3S/c19-12-4-6-13(7-5-12)22-17(15-9-27-10-16(15)21-22)20-18(24)11-2-1-3-14(8-11)23(25)26/h1-8H,9-10H2,(H,20,24). The van der Waals surface area contributed by atoms with Gasteiger partial charge in [-0.15, -0.1) is 0 Å². The topological polar surface area (TPSA) is 90.1 Å². The molecule has 1 amide bonds. The van der Waals surface area contributed by atoms with E-state index in [1.165, 1.54) is 36.4 Å². The molecule has 1 aliphatic rings. The molecule has 7 nitrogen and oxygen atoms in total. The third-order valence-corrected chi connectivity index (χ3v) is 5.14. The summed E-state index contributed by atoms with van der Waals surface area (Å²) in [6.07, 6.45) is 0. The van der Waals surface area contributed by atoms with Crippen molar-refractivity contribution in [3.05, 3.63) is 81.3 Å². The zero-order valence-corrected chi connectivity index (χ0v) is 14.7. The second-order valence-electron chi connectivity index (χ2n) is 5.92. The zero-order chi connectivity index (χ0) is 19.0. The first-order chi connectivity index (χ1) is 13.0. The van der Waals surface area contributed by atoms with E-state index >= 15 is 0 Å². The van der Waals surface area contributed by atoms with Crippen LogP contribution in [-0.4, -0.2) is 20.6 Å². The van der Waals surface area contributed by atoms with Crippen LogP contribution in [0.4, 0.5) is 15.9 Å². The van der Waals surface area contributed by atoms with Crippen molar-refractivity contribution in [1.82, 2.24) is 9.78 Å². The van der Waals surface area contributed by atoms with E-state index in [-0.39, 0.29) is 17.1 Å². The van der Waals surface area contributed by atoms with Gasteiger partial charge < -0.3 is 5.32 Å². The molecule has 3 aromatic rings. The van der Waals surface area contributed by atoms with Crippen LogP contribution in [0.25, 0.3) is 5.69 Å². The highest BCUT2D eigenvalue weighted by Gasteiger charge is 2.25. The van der Waals surface area contributed by atoms with Gasteiger partial charge in [-0.05, 0) is 30.3 Å². The van der Waals surface area contributed by atoms with Crippen molar-refractivity contribution in [2.75, 3.05) is 5.32 Å². The molecule has 0 fully saturated rings. The molecule has 2 aromatic carbocycles. The molecule has 0 radical (unpaired) electrons. The molecule has 0 atom stereocenters. The second-order valence-corrected chi connectivity index (χ2v) is 6.90. The number of halogens is 1. The first-order valence-electron chi connectivity index (χ1n) is 8.03. The van der Waals surface area contributed by atoms with Crippen LogP contribution in [-0.2, 0) is 11.5 Å². The molecule has 2 heterocycles. The highest BCUT2D eigenvalue weighted by Crippen LogP contribution is 2.36. The third kappa shape index (κ3) is 3.28. The van der Waals surface area contributed by atoms with Gasteiger partial charge in [0.05, 0.1) is 16.3 Å². The Hall–Kier alpha value is -3.20. The summed E-state index contributed by atoms with van der Waals surface area (Å²) >= 11 is 1.68. The molecular weight excluding hydrogens is 371 g/mol. The SMILES string of the molecule is O=C(Nc1c2c(nn1-c1ccc(F)cc1)CSC2)c1cccc([N+](=O)[O-])c1. The van der Waals surface area contributed by atoms with E-state index < -0.39 is 10.8 Å². The Kier molecular flexibility index (Phi) is 4.36. The van der Waals surface area contributed by atoms with Gasteiger partial charge >= 0.3 is 0 Å². The zero-order valence-electron chi connectivity index (χ0n) is 13.9. The van der Waals surface area contributed by atoms with Crippen molar-refractivity contribution >= 4 is 29.2 Å². The van der Waals surface area contributed by atoms with Gasteiger partial charge in [0.1, 0.15) is 11.6 Å².